The predicted molar refractivity (Wildman–Crippen MR) is 59.2 cm³/mol. The third-order valence-electron chi connectivity index (χ3n) is 2.38. The topological polar surface area (TPSA) is 42.7 Å². The van der Waals surface area contributed by atoms with Gasteiger partial charge in [-0.25, -0.2) is 4.68 Å². The largest absolute Gasteiger partial charge is 0.304 e. The van der Waals surface area contributed by atoms with Gasteiger partial charge in [0.05, 0.1) is 0 Å². The van der Waals surface area contributed by atoms with Crippen molar-refractivity contribution in [3.63, 3.8) is 0 Å². The summed E-state index contributed by atoms with van der Waals surface area (Å²) in [6, 6.07) is 8.52. The summed E-state index contributed by atoms with van der Waals surface area (Å²) in [6.45, 7) is 2.09. The summed E-state index contributed by atoms with van der Waals surface area (Å²) in [5, 5.41) is 8.98. The Labute approximate surface area is 91.7 Å². The molecule has 1 aromatic heterocycles. The normalized spacial score (nSPS) is 18.6. The van der Waals surface area contributed by atoms with Crippen LogP contribution in [0.1, 0.15) is 16.5 Å². The van der Waals surface area contributed by atoms with Gasteiger partial charge in [-0.3, -0.25) is 0 Å². The highest BCUT2D eigenvalue weighted by Gasteiger charge is 2.23. The monoisotopic (exact) mass is 218 g/mol. The lowest BCUT2D eigenvalue weighted by atomic mass is 10.1. The number of fused-ring (bicyclic) bond motifs is 1. The Bertz CT molecular complexity index is 456. The lowest BCUT2D eigenvalue weighted by Gasteiger charge is -2.10. The van der Waals surface area contributed by atoms with Crippen LogP contribution >= 0.6 is 11.8 Å². The molecule has 1 atom stereocenters. The lowest BCUT2D eigenvalue weighted by molar-refractivity contribution is 0.786. The third kappa shape index (κ3) is 1.48. The van der Waals surface area contributed by atoms with Crippen molar-refractivity contribution in [3.05, 3.63) is 41.7 Å². The fourth-order valence-corrected chi connectivity index (χ4v) is 2.51. The van der Waals surface area contributed by atoms with E-state index < -0.39 is 0 Å². The summed E-state index contributed by atoms with van der Waals surface area (Å²) in [5.41, 5.74) is 5.84. The minimum atomic E-state index is 0.246. The second kappa shape index (κ2) is 3.27. The molecule has 0 saturated heterocycles. The van der Waals surface area contributed by atoms with Gasteiger partial charge in [-0.1, -0.05) is 41.6 Å². The van der Waals surface area contributed by atoms with E-state index in [0.29, 0.717) is 0 Å². The fourth-order valence-electron chi connectivity index (χ4n) is 1.54. The Hall–Kier alpha value is -1.49. The van der Waals surface area contributed by atoms with Gasteiger partial charge in [0.2, 0.25) is 5.16 Å². The molecule has 0 bridgehead atoms. The predicted octanol–water partition coefficient (Wildman–Crippen LogP) is 1.93. The molecule has 1 N–H and O–H groups in total. The van der Waals surface area contributed by atoms with Crippen molar-refractivity contribution < 1.29 is 0 Å². The summed E-state index contributed by atoms with van der Waals surface area (Å²) >= 11 is 1.68. The molecule has 1 unspecified atom stereocenters. The lowest BCUT2D eigenvalue weighted by Crippen LogP contribution is -2.10. The zero-order chi connectivity index (χ0) is 10.3. The molecule has 0 radical (unpaired) electrons. The van der Waals surface area contributed by atoms with Crippen LogP contribution in [0.4, 0.5) is 0 Å². The van der Waals surface area contributed by atoms with Gasteiger partial charge in [-0.2, -0.15) is 0 Å². The molecule has 0 spiro atoms. The third-order valence-corrected chi connectivity index (χ3v) is 3.48. The van der Waals surface area contributed by atoms with E-state index >= 15 is 0 Å². The van der Waals surface area contributed by atoms with E-state index in [4.69, 9.17) is 0 Å². The molecule has 3 rings (SSSR count). The van der Waals surface area contributed by atoms with E-state index in [1.807, 2.05) is 4.68 Å². The van der Waals surface area contributed by atoms with E-state index in [2.05, 4.69) is 46.8 Å². The Kier molecular flexibility index (Phi) is 1.92. The van der Waals surface area contributed by atoms with Gasteiger partial charge in [0, 0.05) is 0 Å². The van der Waals surface area contributed by atoms with Crippen molar-refractivity contribution in [1.82, 2.24) is 14.9 Å². The van der Waals surface area contributed by atoms with E-state index in [-0.39, 0.29) is 5.37 Å². The first-order valence-electron chi connectivity index (χ1n) is 4.73. The van der Waals surface area contributed by atoms with Gasteiger partial charge in [0.15, 0.2) is 0 Å². The first-order valence-corrected chi connectivity index (χ1v) is 5.61. The first kappa shape index (κ1) is 8.79. The Morgan fingerprint density at radius 2 is 2.13 bits per heavy atom. The SMILES string of the molecule is Cc1ccc(C2Nn3cnnc3S2)cc1. The molecule has 0 aliphatic carbocycles. The molecule has 1 aliphatic heterocycles. The minimum Gasteiger partial charge on any atom is -0.304 e. The molecule has 4 nitrogen and oxygen atoms in total. The summed E-state index contributed by atoms with van der Waals surface area (Å²) in [4.78, 5) is 0. The molecule has 2 aromatic rings. The first-order chi connectivity index (χ1) is 7.33. The number of aryl methyl sites for hydroxylation is 1. The zero-order valence-electron chi connectivity index (χ0n) is 8.21. The van der Waals surface area contributed by atoms with Crippen LogP contribution in [-0.4, -0.2) is 14.9 Å². The van der Waals surface area contributed by atoms with E-state index in [0.717, 1.165) is 5.16 Å². The molecule has 5 heteroatoms. The molecule has 0 saturated carbocycles. The highest BCUT2D eigenvalue weighted by Crippen LogP contribution is 2.37. The van der Waals surface area contributed by atoms with Crippen LogP contribution < -0.4 is 5.43 Å². The van der Waals surface area contributed by atoms with Crippen LogP contribution in [0.3, 0.4) is 0 Å². The highest BCUT2D eigenvalue weighted by atomic mass is 32.2. The number of hydrogen-bond acceptors (Lipinski definition) is 4. The summed E-state index contributed by atoms with van der Waals surface area (Å²) in [6.07, 6.45) is 1.69. The standard InChI is InChI=1S/C10H10N4S/c1-7-2-4-8(5-3-7)9-13-14-6-11-12-10(14)15-9/h2-6,9,13H,1H3. The molecule has 15 heavy (non-hydrogen) atoms. The van der Waals surface area contributed by atoms with Crippen LogP contribution in [-0.2, 0) is 0 Å². The molecular weight excluding hydrogens is 208 g/mol. The Morgan fingerprint density at radius 1 is 1.33 bits per heavy atom. The number of aromatic nitrogens is 3. The molecule has 0 amide bonds. The van der Waals surface area contributed by atoms with Crippen LogP contribution in [0.2, 0.25) is 0 Å². The average Bonchev–Trinajstić information content (AvgIpc) is 2.78. The Morgan fingerprint density at radius 3 is 2.87 bits per heavy atom. The zero-order valence-corrected chi connectivity index (χ0v) is 9.03. The second-order valence-electron chi connectivity index (χ2n) is 3.52. The van der Waals surface area contributed by atoms with Gasteiger partial charge in [-0.05, 0) is 12.5 Å². The number of hydrogen-bond donors (Lipinski definition) is 1. The van der Waals surface area contributed by atoms with Crippen molar-refractivity contribution in [1.29, 1.82) is 0 Å². The van der Waals surface area contributed by atoms with Gasteiger partial charge in [-0.15, -0.1) is 10.2 Å². The molecule has 1 aliphatic rings. The molecule has 0 fully saturated rings. The van der Waals surface area contributed by atoms with E-state index in [1.54, 1.807) is 18.1 Å². The number of nitrogens with one attached hydrogen (secondary N) is 1. The Balaban J connectivity index is 1.87. The second-order valence-corrected chi connectivity index (χ2v) is 4.59. The molecule has 1 aromatic carbocycles. The average molecular weight is 218 g/mol. The van der Waals surface area contributed by atoms with Gasteiger partial charge in [0.1, 0.15) is 11.7 Å². The van der Waals surface area contributed by atoms with E-state index in [1.165, 1.54) is 11.1 Å². The molecular formula is C10H10N4S. The summed E-state index contributed by atoms with van der Waals surface area (Å²) in [5.74, 6) is 0. The summed E-state index contributed by atoms with van der Waals surface area (Å²) < 4.78 is 1.86. The van der Waals surface area contributed by atoms with Crippen LogP contribution in [0.5, 0.6) is 0 Å². The van der Waals surface area contributed by atoms with Crippen molar-refractivity contribution in [2.45, 2.75) is 17.5 Å². The van der Waals surface area contributed by atoms with Gasteiger partial charge >= 0.3 is 0 Å². The quantitative estimate of drug-likeness (QED) is 0.794. The van der Waals surface area contributed by atoms with Crippen molar-refractivity contribution in [2.75, 3.05) is 5.43 Å². The molecule has 2 heterocycles. The maximum Gasteiger partial charge on any atom is 0.212 e. The number of rotatable bonds is 1. The van der Waals surface area contributed by atoms with Crippen LogP contribution in [0.15, 0.2) is 35.7 Å². The van der Waals surface area contributed by atoms with Crippen molar-refractivity contribution in [3.8, 4) is 0 Å². The van der Waals surface area contributed by atoms with Gasteiger partial charge in [0.25, 0.3) is 0 Å². The number of benzene rings is 1. The minimum absolute atomic E-state index is 0.246. The fraction of sp³-hybridized carbons (Fsp3) is 0.200. The maximum absolute atomic E-state index is 4.00. The van der Waals surface area contributed by atoms with Crippen LogP contribution in [0, 0.1) is 6.92 Å². The van der Waals surface area contributed by atoms with E-state index in [9.17, 15) is 0 Å². The summed E-state index contributed by atoms with van der Waals surface area (Å²) in [7, 11) is 0. The molecule has 76 valence electrons. The van der Waals surface area contributed by atoms with Crippen LogP contribution in [0.25, 0.3) is 0 Å². The maximum atomic E-state index is 4.00. The van der Waals surface area contributed by atoms with Crippen molar-refractivity contribution in [2.24, 2.45) is 0 Å². The van der Waals surface area contributed by atoms with Gasteiger partial charge < -0.3 is 5.43 Å². The highest BCUT2D eigenvalue weighted by molar-refractivity contribution is 7.99. The van der Waals surface area contributed by atoms with Crippen molar-refractivity contribution >= 4 is 11.8 Å². The number of nitrogens with zero attached hydrogens (tertiary/aromatic N) is 3. The smallest absolute Gasteiger partial charge is 0.212 e. The number of thioether (sulfide) groups is 1.